The van der Waals surface area contributed by atoms with E-state index in [4.69, 9.17) is 4.74 Å². The molecule has 0 amide bonds. The summed E-state index contributed by atoms with van der Waals surface area (Å²) in [6, 6.07) is 0. The Morgan fingerprint density at radius 3 is 2.15 bits per heavy atom. The fourth-order valence-corrected chi connectivity index (χ4v) is 1.35. The zero-order chi connectivity index (χ0) is 10.3. The first-order chi connectivity index (χ1) is 6.15. The number of hydrogen-bond acceptors (Lipinski definition) is 1. The van der Waals surface area contributed by atoms with E-state index in [1.807, 2.05) is 6.08 Å². The van der Waals surface area contributed by atoms with Crippen molar-refractivity contribution < 1.29 is 4.74 Å². The second kappa shape index (κ2) is 6.76. The zero-order valence-corrected chi connectivity index (χ0v) is 9.34. The van der Waals surface area contributed by atoms with E-state index in [1.54, 1.807) is 6.08 Å². The van der Waals surface area contributed by atoms with Crippen LogP contribution in [0.5, 0.6) is 0 Å². The van der Waals surface area contributed by atoms with Crippen molar-refractivity contribution in [2.75, 3.05) is 0 Å². The molecule has 0 aliphatic carbocycles. The molecule has 0 heterocycles. The van der Waals surface area contributed by atoms with Crippen molar-refractivity contribution >= 4 is 0 Å². The Kier molecular flexibility index (Phi) is 6.38. The van der Waals surface area contributed by atoms with E-state index in [0.717, 1.165) is 18.6 Å². The lowest BCUT2D eigenvalue weighted by Gasteiger charge is -2.20. The molecule has 0 aromatic rings. The molecular formula is C12H22O. The third-order valence-corrected chi connectivity index (χ3v) is 2.04. The lowest BCUT2D eigenvalue weighted by atomic mass is 10.0. The van der Waals surface area contributed by atoms with Crippen LogP contribution in [-0.4, -0.2) is 6.10 Å². The van der Waals surface area contributed by atoms with E-state index in [0.29, 0.717) is 5.92 Å². The second-order valence-corrected chi connectivity index (χ2v) is 3.48. The van der Waals surface area contributed by atoms with Crippen molar-refractivity contribution in [2.45, 2.75) is 46.6 Å². The van der Waals surface area contributed by atoms with Gasteiger partial charge in [0.2, 0.25) is 0 Å². The Bertz CT molecular complexity index is 164. The molecule has 0 N–H and O–H groups in total. The zero-order valence-electron chi connectivity index (χ0n) is 9.34. The summed E-state index contributed by atoms with van der Waals surface area (Å²) in [6.45, 7) is 12.2. The number of rotatable bonds is 6. The van der Waals surface area contributed by atoms with Gasteiger partial charge in [-0.25, -0.2) is 0 Å². The Morgan fingerprint density at radius 1 is 1.31 bits per heavy atom. The first-order valence-electron chi connectivity index (χ1n) is 5.14. The van der Waals surface area contributed by atoms with Crippen LogP contribution in [0.25, 0.3) is 0 Å². The Labute approximate surface area is 82.5 Å². The maximum absolute atomic E-state index is 5.72. The molecule has 1 nitrogen and oxygen atoms in total. The van der Waals surface area contributed by atoms with Crippen molar-refractivity contribution in [3.05, 3.63) is 24.5 Å². The summed E-state index contributed by atoms with van der Waals surface area (Å²) in [5.74, 6) is 1.62. The molecule has 0 spiro atoms. The highest BCUT2D eigenvalue weighted by Crippen LogP contribution is 2.21. The molecule has 0 saturated heterocycles. The van der Waals surface area contributed by atoms with Crippen LogP contribution < -0.4 is 0 Å². The van der Waals surface area contributed by atoms with Gasteiger partial charge in [0, 0.05) is 5.92 Å². The van der Waals surface area contributed by atoms with Crippen LogP contribution in [0.3, 0.4) is 0 Å². The van der Waals surface area contributed by atoms with Gasteiger partial charge in [0.05, 0.1) is 11.9 Å². The predicted octanol–water partition coefficient (Wildman–Crippen LogP) is 3.92. The summed E-state index contributed by atoms with van der Waals surface area (Å²) in [5.41, 5.74) is 0. The number of allylic oxidation sites excluding steroid dienone is 3. The highest BCUT2D eigenvalue weighted by Gasteiger charge is 2.11. The van der Waals surface area contributed by atoms with E-state index < -0.39 is 0 Å². The quantitative estimate of drug-likeness (QED) is 0.447. The van der Waals surface area contributed by atoms with Gasteiger partial charge in [-0.2, -0.15) is 0 Å². The van der Waals surface area contributed by atoms with E-state index in [9.17, 15) is 0 Å². The standard InChI is InChI=1S/C12H22O/c1-6-9-12(13-10(4)5)11(7-2)8-3/h6,9-11H,1,7-8H2,2-5H3/b12-9+. The Hall–Kier alpha value is -0.720. The SMILES string of the molecule is C=C/C=C(/OC(C)C)C(CC)CC. The van der Waals surface area contributed by atoms with Gasteiger partial charge in [0.1, 0.15) is 0 Å². The Balaban J connectivity index is 4.39. The van der Waals surface area contributed by atoms with Gasteiger partial charge in [-0.1, -0.05) is 26.5 Å². The molecule has 0 atom stereocenters. The molecule has 13 heavy (non-hydrogen) atoms. The monoisotopic (exact) mass is 182 g/mol. The minimum Gasteiger partial charge on any atom is -0.495 e. The maximum Gasteiger partial charge on any atom is 0.0994 e. The summed E-state index contributed by atoms with van der Waals surface area (Å²) >= 11 is 0. The lowest BCUT2D eigenvalue weighted by Crippen LogP contribution is -2.10. The second-order valence-electron chi connectivity index (χ2n) is 3.48. The summed E-state index contributed by atoms with van der Waals surface area (Å²) in [5, 5.41) is 0. The van der Waals surface area contributed by atoms with Gasteiger partial charge in [0.25, 0.3) is 0 Å². The number of ether oxygens (including phenoxy) is 1. The van der Waals surface area contributed by atoms with E-state index >= 15 is 0 Å². The molecule has 1 heteroatoms. The van der Waals surface area contributed by atoms with Crippen LogP contribution in [0.15, 0.2) is 24.5 Å². The van der Waals surface area contributed by atoms with Crippen LogP contribution in [0.4, 0.5) is 0 Å². The first kappa shape index (κ1) is 12.3. The van der Waals surface area contributed by atoms with E-state index in [1.165, 1.54) is 0 Å². The minimum atomic E-state index is 0.256. The van der Waals surface area contributed by atoms with Gasteiger partial charge in [-0.15, -0.1) is 0 Å². The Morgan fingerprint density at radius 2 is 1.85 bits per heavy atom. The highest BCUT2D eigenvalue weighted by atomic mass is 16.5. The van der Waals surface area contributed by atoms with Gasteiger partial charge in [-0.3, -0.25) is 0 Å². The van der Waals surface area contributed by atoms with Crippen LogP contribution in [0.2, 0.25) is 0 Å². The molecule has 0 unspecified atom stereocenters. The van der Waals surface area contributed by atoms with Gasteiger partial charge >= 0.3 is 0 Å². The topological polar surface area (TPSA) is 9.23 Å². The molecule has 0 aromatic carbocycles. The van der Waals surface area contributed by atoms with Crippen LogP contribution in [0.1, 0.15) is 40.5 Å². The van der Waals surface area contributed by atoms with Gasteiger partial charge in [-0.05, 0) is 32.8 Å². The van der Waals surface area contributed by atoms with Gasteiger partial charge < -0.3 is 4.74 Å². The molecule has 0 bridgehead atoms. The average molecular weight is 182 g/mol. The van der Waals surface area contributed by atoms with Crippen LogP contribution in [-0.2, 0) is 4.74 Å². The molecule has 0 rings (SSSR count). The summed E-state index contributed by atoms with van der Waals surface area (Å²) < 4.78 is 5.72. The predicted molar refractivity (Wildman–Crippen MR) is 58.6 cm³/mol. The fraction of sp³-hybridized carbons (Fsp3) is 0.667. The fourth-order valence-electron chi connectivity index (χ4n) is 1.35. The van der Waals surface area contributed by atoms with Gasteiger partial charge in [0.15, 0.2) is 0 Å². The maximum atomic E-state index is 5.72. The smallest absolute Gasteiger partial charge is 0.0994 e. The molecule has 0 fully saturated rings. The van der Waals surface area contributed by atoms with Crippen molar-refractivity contribution in [1.29, 1.82) is 0 Å². The summed E-state index contributed by atoms with van der Waals surface area (Å²) in [4.78, 5) is 0. The first-order valence-corrected chi connectivity index (χ1v) is 5.14. The van der Waals surface area contributed by atoms with Crippen LogP contribution >= 0.6 is 0 Å². The third kappa shape index (κ3) is 4.76. The molecule has 0 aliphatic rings. The summed E-state index contributed by atoms with van der Waals surface area (Å²) in [6.07, 6.45) is 6.30. The third-order valence-electron chi connectivity index (χ3n) is 2.04. The molecular weight excluding hydrogens is 160 g/mol. The molecule has 0 aromatic heterocycles. The molecule has 0 radical (unpaired) electrons. The largest absolute Gasteiger partial charge is 0.495 e. The van der Waals surface area contributed by atoms with Crippen molar-refractivity contribution in [1.82, 2.24) is 0 Å². The molecule has 0 aliphatic heterocycles. The van der Waals surface area contributed by atoms with Crippen molar-refractivity contribution in [3.8, 4) is 0 Å². The molecule has 0 saturated carbocycles. The van der Waals surface area contributed by atoms with Crippen molar-refractivity contribution in [2.24, 2.45) is 5.92 Å². The van der Waals surface area contributed by atoms with Crippen molar-refractivity contribution in [3.63, 3.8) is 0 Å². The highest BCUT2D eigenvalue weighted by molar-refractivity contribution is 5.07. The van der Waals surface area contributed by atoms with Crippen LogP contribution in [0, 0.1) is 5.92 Å². The normalized spacial score (nSPS) is 12.3. The van der Waals surface area contributed by atoms with E-state index in [2.05, 4.69) is 34.3 Å². The van der Waals surface area contributed by atoms with E-state index in [-0.39, 0.29) is 6.10 Å². The average Bonchev–Trinajstić information content (AvgIpc) is 2.05. The summed E-state index contributed by atoms with van der Waals surface area (Å²) in [7, 11) is 0. The molecule has 76 valence electrons. The number of hydrogen-bond donors (Lipinski definition) is 0. The lowest BCUT2D eigenvalue weighted by molar-refractivity contribution is 0.117. The minimum absolute atomic E-state index is 0.256.